The minimum atomic E-state index is -0.603. The topological polar surface area (TPSA) is 53.5 Å². The molecule has 1 aromatic rings. The first-order valence-corrected chi connectivity index (χ1v) is 6.32. The molecule has 2 rings (SSSR count). The maximum Gasteiger partial charge on any atom is 0.252 e. The molecule has 1 aromatic carbocycles. The minimum Gasteiger partial charge on any atom is -0.342 e. The summed E-state index contributed by atoms with van der Waals surface area (Å²) in [5, 5.41) is 5.99. The highest BCUT2D eigenvalue weighted by molar-refractivity contribution is 6.08. The zero-order chi connectivity index (χ0) is 13.0. The van der Waals surface area contributed by atoms with E-state index < -0.39 is 5.54 Å². The Bertz CT molecular complexity index is 455. The summed E-state index contributed by atoms with van der Waals surface area (Å²) >= 11 is 0. The molecular weight excluding hydrogens is 226 g/mol. The van der Waals surface area contributed by atoms with Crippen LogP contribution in [0.15, 0.2) is 35.3 Å². The molecule has 18 heavy (non-hydrogen) atoms. The van der Waals surface area contributed by atoms with Crippen molar-refractivity contribution in [2.75, 3.05) is 6.54 Å². The van der Waals surface area contributed by atoms with E-state index in [9.17, 15) is 4.79 Å². The van der Waals surface area contributed by atoms with E-state index in [-0.39, 0.29) is 5.91 Å². The Morgan fingerprint density at radius 1 is 1.28 bits per heavy atom. The maximum absolute atomic E-state index is 12.0. The van der Waals surface area contributed by atoms with E-state index in [4.69, 9.17) is 0 Å². The highest BCUT2D eigenvalue weighted by atomic mass is 16.2. The predicted octanol–water partition coefficient (Wildman–Crippen LogP) is 1.47. The van der Waals surface area contributed by atoms with E-state index in [1.165, 1.54) is 0 Å². The van der Waals surface area contributed by atoms with Crippen LogP contribution in [0.4, 0.5) is 0 Å². The number of nitrogens with zero attached hydrogens (tertiary/aromatic N) is 1. The SMILES string of the molecule is CCCN=C1NC(=O)C(C)(Cc2ccccc2)N1. The standard InChI is InChI=1S/C14H19N3O/c1-3-9-15-13-16-12(18)14(2,17-13)10-11-7-5-4-6-8-11/h4-8H,3,9-10H2,1-2H3,(H2,15,16,17,18). The number of carbonyl (C=O) groups is 1. The van der Waals surface area contributed by atoms with E-state index in [1.54, 1.807) is 0 Å². The molecule has 1 heterocycles. The van der Waals surface area contributed by atoms with Gasteiger partial charge in [0.15, 0.2) is 5.96 Å². The van der Waals surface area contributed by atoms with Crippen LogP contribution >= 0.6 is 0 Å². The molecule has 1 amide bonds. The zero-order valence-corrected chi connectivity index (χ0v) is 10.9. The van der Waals surface area contributed by atoms with Gasteiger partial charge in [-0.15, -0.1) is 0 Å². The number of aliphatic imine (C=N–C) groups is 1. The van der Waals surface area contributed by atoms with Gasteiger partial charge in [-0.2, -0.15) is 0 Å². The maximum atomic E-state index is 12.0. The molecule has 0 radical (unpaired) electrons. The number of nitrogens with one attached hydrogen (secondary N) is 2. The van der Waals surface area contributed by atoms with Crippen molar-refractivity contribution in [1.29, 1.82) is 0 Å². The Balaban J connectivity index is 2.10. The average molecular weight is 245 g/mol. The van der Waals surface area contributed by atoms with Crippen LogP contribution in [0.1, 0.15) is 25.8 Å². The van der Waals surface area contributed by atoms with Gasteiger partial charge in [0.1, 0.15) is 5.54 Å². The third kappa shape index (κ3) is 2.70. The molecule has 1 aliphatic rings. The van der Waals surface area contributed by atoms with E-state index >= 15 is 0 Å². The number of carbonyl (C=O) groups excluding carboxylic acids is 1. The monoisotopic (exact) mass is 245 g/mol. The van der Waals surface area contributed by atoms with Crippen LogP contribution in [0.25, 0.3) is 0 Å². The highest BCUT2D eigenvalue weighted by Gasteiger charge is 2.40. The lowest BCUT2D eigenvalue weighted by molar-refractivity contribution is -0.123. The number of benzene rings is 1. The first-order chi connectivity index (χ1) is 8.64. The van der Waals surface area contributed by atoms with Gasteiger partial charge in [-0.25, -0.2) is 0 Å². The lowest BCUT2D eigenvalue weighted by atomic mass is 9.93. The normalized spacial score (nSPS) is 25.0. The Morgan fingerprint density at radius 2 is 2.00 bits per heavy atom. The van der Waals surface area contributed by atoms with Gasteiger partial charge < -0.3 is 5.32 Å². The van der Waals surface area contributed by atoms with Crippen molar-refractivity contribution < 1.29 is 4.79 Å². The average Bonchev–Trinajstić information content (AvgIpc) is 2.63. The lowest BCUT2D eigenvalue weighted by Crippen LogP contribution is -2.45. The van der Waals surface area contributed by atoms with Gasteiger partial charge >= 0.3 is 0 Å². The fourth-order valence-corrected chi connectivity index (χ4v) is 2.03. The van der Waals surface area contributed by atoms with E-state index in [0.717, 1.165) is 18.5 Å². The largest absolute Gasteiger partial charge is 0.342 e. The second kappa shape index (κ2) is 5.21. The molecule has 96 valence electrons. The van der Waals surface area contributed by atoms with Gasteiger partial charge in [-0.05, 0) is 18.9 Å². The third-order valence-electron chi connectivity index (χ3n) is 3.02. The van der Waals surface area contributed by atoms with Crippen molar-refractivity contribution in [2.24, 2.45) is 4.99 Å². The summed E-state index contributed by atoms with van der Waals surface area (Å²) in [6.45, 7) is 4.69. The van der Waals surface area contributed by atoms with Crippen LogP contribution in [-0.4, -0.2) is 24.0 Å². The summed E-state index contributed by atoms with van der Waals surface area (Å²) in [6, 6.07) is 10.0. The van der Waals surface area contributed by atoms with Crippen molar-refractivity contribution in [2.45, 2.75) is 32.2 Å². The Morgan fingerprint density at radius 3 is 2.67 bits per heavy atom. The molecule has 2 N–H and O–H groups in total. The van der Waals surface area contributed by atoms with Gasteiger partial charge in [0.05, 0.1) is 0 Å². The number of hydrogen-bond acceptors (Lipinski definition) is 2. The van der Waals surface area contributed by atoms with Gasteiger partial charge in [0.25, 0.3) is 5.91 Å². The van der Waals surface area contributed by atoms with E-state index in [0.29, 0.717) is 12.4 Å². The second-order valence-corrected chi connectivity index (χ2v) is 4.80. The molecule has 0 bridgehead atoms. The number of amides is 1. The summed E-state index contributed by atoms with van der Waals surface area (Å²) in [5.74, 6) is 0.585. The molecule has 4 nitrogen and oxygen atoms in total. The number of hydrogen-bond donors (Lipinski definition) is 2. The van der Waals surface area contributed by atoms with E-state index in [1.807, 2.05) is 37.3 Å². The third-order valence-corrected chi connectivity index (χ3v) is 3.02. The highest BCUT2D eigenvalue weighted by Crippen LogP contribution is 2.16. The molecule has 1 atom stereocenters. The molecule has 0 spiro atoms. The van der Waals surface area contributed by atoms with Crippen LogP contribution in [0, 0.1) is 0 Å². The van der Waals surface area contributed by atoms with Crippen molar-refractivity contribution in [1.82, 2.24) is 10.6 Å². The second-order valence-electron chi connectivity index (χ2n) is 4.80. The van der Waals surface area contributed by atoms with Gasteiger partial charge in [-0.3, -0.25) is 15.1 Å². The summed E-state index contributed by atoms with van der Waals surface area (Å²) < 4.78 is 0. The first-order valence-electron chi connectivity index (χ1n) is 6.32. The van der Waals surface area contributed by atoms with Crippen molar-refractivity contribution in [3.05, 3.63) is 35.9 Å². The van der Waals surface area contributed by atoms with Crippen molar-refractivity contribution in [3.63, 3.8) is 0 Å². The van der Waals surface area contributed by atoms with Crippen LogP contribution in [0.5, 0.6) is 0 Å². The van der Waals surface area contributed by atoms with Crippen molar-refractivity contribution in [3.8, 4) is 0 Å². The van der Waals surface area contributed by atoms with Crippen LogP contribution in [0.2, 0.25) is 0 Å². The molecule has 0 saturated carbocycles. The molecule has 1 aliphatic heterocycles. The number of guanidine groups is 1. The molecular formula is C14H19N3O. The van der Waals surface area contributed by atoms with Crippen LogP contribution in [0.3, 0.4) is 0 Å². The fourth-order valence-electron chi connectivity index (χ4n) is 2.03. The quantitative estimate of drug-likeness (QED) is 0.844. The van der Waals surface area contributed by atoms with Crippen molar-refractivity contribution >= 4 is 11.9 Å². The Labute approximate surface area is 108 Å². The fraction of sp³-hybridized carbons (Fsp3) is 0.429. The molecule has 1 unspecified atom stereocenters. The molecule has 0 aromatic heterocycles. The zero-order valence-electron chi connectivity index (χ0n) is 10.9. The van der Waals surface area contributed by atoms with Gasteiger partial charge in [-0.1, -0.05) is 37.3 Å². The first kappa shape index (κ1) is 12.6. The molecule has 4 heteroatoms. The summed E-state index contributed by atoms with van der Waals surface area (Å²) in [5.41, 5.74) is 0.535. The summed E-state index contributed by atoms with van der Waals surface area (Å²) in [6.07, 6.45) is 1.63. The smallest absolute Gasteiger partial charge is 0.252 e. The van der Waals surface area contributed by atoms with E-state index in [2.05, 4.69) is 22.5 Å². The van der Waals surface area contributed by atoms with Crippen LogP contribution < -0.4 is 10.6 Å². The predicted molar refractivity (Wildman–Crippen MR) is 72.4 cm³/mol. The molecule has 1 fully saturated rings. The summed E-state index contributed by atoms with van der Waals surface area (Å²) in [7, 11) is 0. The summed E-state index contributed by atoms with van der Waals surface area (Å²) in [4.78, 5) is 16.3. The minimum absolute atomic E-state index is 0.0128. The Kier molecular flexibility index (Phi) is 3.65. The van der Waals surface area contributed by atoms with Crippen LogP contribution in [-0.2, 0) is 11.2 Å². The van der Waals surface area contributed by atoms with Gasteiger partial charge in [0.2, 0.25) is 0 Å². The number of rotatable bonds is 4. The molecule has 0 aliphatic carbocycles. The molecule has 1 saturated heterocycles. The Hall–Kier alpha value is -1.84. The van der Waals surface area contributed by atoms with Gasteiger partial charge in [0, 0.05) is 13.0 Å². The lowest BCUT2D eigenvalue weighted by Gasteiger charge is -2.21.